The van der Waals surface area contributed by atoms with Crippen molar-refractivity contribution in [2.45, 2.75) is 25.3 Å². The molecule has 1 aliphatic rings. The quantitative estimate of drug-likeness (QED) is 0.652. The fraction of sp³-hybridized carbons (Fsp3) is 0.318. The normalized spacial score (nSPS) is 16.3. The fourth-order valence-corrected chi connectivity index (χ4v) is 4.32. The summed E-state index contributed by atoms with van der Waals surface area (Å²) in [4.78, 5) is 34.5. The maximum Gasteiger partial charge on any atom is 0.261 e. The van der Waals surface area contributed by atoms with Gasteiger partial charge in [-0.15, -0.1) is 0 Å². The standard InChI is InChI=1S/C22H23N3O4S/c1-28-18-7-2-3-8-19(18)29-13-21(27)25-10-5-4-6-17(25)22-23-16(12-20(26)24-22)15-9-11-30-14-15/h2-3,7-9,11-12,14,17H,4-6,10,13H2,1H3,(H,23,24,26)/t17-/m0/s1. The summed E-state index contributed by atoms with van der Waals surface area (Å²) in [5.41, 5.74) is 1.31. The van der Waals surface area contributed by atoms with Gasteiger partial charge in [-0.25, -0.2) is 4.98 Å². The van der Waals surface area contributed by atoms with Gasteiger partial charge in [0.05, 0.1) is 18.8 Å². The van der Waals surface area contributed by atoms with Gasteiger partial charge in [-0.1, -0.05) is 12.1 Å². The van der Waals surface area contributed by atoms with E-state index in [1.807, 2.05) is 29.0 Å². The number of rotatable bonds is 6. The van der Waals surface area contributed by atoms with Crippen LogP contribution in [0.15, 0.2) is 52.0 Å². The van der Waals surface area contributed by atoms with Crippen molar-refractivity contribution in [3.63, 3.8) is 0 Å². The van der Waals surface area contributed by atoms with E-state index in [0.717, 1.165) is 24.8 Å². The molecule has 1 amide bonds. The number of piperidine rings is 1. The average Bonchev–Trinajstić information content (AvgIpc) is 3.32. The van der Waals surface area contributed by atoms with Crippen molar-refractivity contribution in [1.82, 2.24) is 14.9 Å². The summed E-state index contributed by atoms with van der Waals surface area (Å²) in [7, 11) is 1.56. The van der Waals surface area contributed by atoms with Gasteiger partial charge >= 0.3 is 0 Å². The Morgan fingerprint density at radius 1 is 1.27 bits per heavy atom. The van der Waals surface area contributed by atoms with E-state index in [-0.39, 0.29) is 24.1 Å². The molecule has 30 heavy (non-hydrogen) atoms. The van der Waals surface area contributed by atoms with Crippen LogP contribution in [0, 0.1) is 0 Å². The number of carbonyl (C=O) groups is 1. The first-order chi connectivity index (χ1) is 14.7. The third-order valence-electron chi connectivity index (χ3n) is 5.14. The minimum Gasteiger partial charge on any atom is -0.493 e. The maximum absolute atomic E-state index is 13.0. The largest absolute Gasteiger partial charge is 0.493 e. The summed E-state index contributed by atoms with van der Waals surface area (Å²) in [5, 5.41) is 3.90. The van der Waals surface area contributed by atoms with Gasteiger partial charge < -0.3 is 19.4 Å². The van der Waals surface area contributed by atoms with E-state index < -0.39 is 0 Å². The van der Waals surface area contributed by atoms with E-state index in [1.165, 1.54) is 6.07 Å². The first-order valence-corrected chi connectivity index (χ1v) is 10.8. The molecule has 3 aromatic rings. The van der Waals surface area contributed by atoms with Crippen molar-refractivity contribution in [3.05, 3.63) is 63.3 Å². The lowest BCUT2D eigenvalue weighted by Gasteiger charge is -2.35. The van der Waals surface area contributed by atoms with Gasteiger partial charge in [-0.05, 0) is 42.8 Å². The van der Waals surface area contributed by atoms with Crippen molar-refractivity contribution < 1.29 is 14.3 Å². The molecule has 0 saturated carbocycles. The molecule has 1 atom stereocenters. The third-order valence-corrected chi connectivity index (χ3v) is 5.82. The van der Waals surface area contributed by atoms with Gasteiger partial charge in [0.15, 0.2) is 18.1 Å². The Hall–Kier alpha value is -3.13. The minimum atomic E-state index is -0.279. The molecular weight excluding hydrogens is 402 g/mol. The molecule has 2 aromatic heterocycles. The van der Waals surface area contributed by atoms with Crippen LogP contribution < -0.4 is 15.0 Å². The number of nitrogens with zero attached hydrogens (tertiary/aromatic N) is 2. The minimum absolute atomic E-state index is 0.106. The Bertz CT molecular complexity index is 1060. The molecule has 1 aliphatic heterocycles. The summed E-state index contributed by atoms with van der Waals surface area (Å²) in [6.07, 6.45) is 2.62. The first-order valence-electron chi connectivity index (χ1n) is 9.85. The molecule has 4 rings (SSSR count). The lowest BCUT2D eigenvalue weighted by molar-refractivity contribution is -0.137. The fourth-order valence-electron chi connectivity index (χ4n) is 3.67. The molecule has 8 heteroatoms. The highest BCUT2D eigenvalue weighted by atomic mass is 32.1. The van der Waals surface area contributed by atoms with E-state index in [1.54, 1.807) is 35.5 Å². The molecule has 0 radical (unpaired) electrons. The van der Waals surface area contributed by atoms with Crippen LogP contribution in [-0.4, -0.2) is 41.0 Å². The number of ether oxygens (including phenoxy) is 2. The second-order valence-corrected chi connectivity index (χ2v) is 7.85. The van der Waals surface area contributed by atoms with Crippen LogP contribution >= 0.6 is 11.3 Å². The molecular formula is C22H23N3O4S. The number of methoxy groups -OCH3 is 1. The topological polar surface area (TPSA) is 84.5 Å². The van der Waals surface area contributed by atoms with Crippen molar-refractivity contribution in [1.29, 1.82) is 0 Å². The van der Waals surface area contributed by atoms with Gasteiger partial charge in [-0.3, -0.25) is 9.59 Å². The van der Waals surface area contributed by atoms with Gasteiger partial charge in [0.1, 0.15) is 5.82 Å². The lowest BCUT2D eigenvalue weighted by Crippen LogP contribution is -2.42. The summed E-state index contributed by atoms with van der Waals surface area (Å²) >= 11 is 1.55. The van der Waals surface area contributed by atoms with Gasteiger partial charge in [-0.2, -0.15) is 11.3 Å². The highest BCUT2D eigenvalue weighted by Crippen LogP contribution is 2.31. The number of thiophene rings is 1. The molecule has 156 valence electrons. The SMILES string of the molecule is COc1ccccc1OCC(=O)N1CCCC[C@H]1c1nc(-c2ccsc2)cc(=O)[nH]1. The highest BCUT2D eigenvalue weighted by Gasteiger charge is 2.30. The molecule has 1 aromatic carbocycles. The number of H-pyrrole nitrogens is 1. The maximum atomic E-state index is 13.0. The average molecular weight is 426 g/mol. The summed E-state index contributed by atoms with van der Waals surface area (Å²) in [6, 6.07) is 10.4. The molecule has 1 saturated heterocycles. The Labute approximate surface area is 178 Å². The van der Waals surface area contributed by atoms with Crippen LogP contribution in [0.1, 0.15) is 31.1 Å². The molecule has 0 spiro atoms. The third kappa shape index (κ3) is 4.38. The monoisotopic (exact) mass is 425 g/mol. The molecule has 3 heterocycles. The predicted molar refractivity (Wildman–Crippen MR) is 115 cm³/mol. The molecule has 0 bridgehead atoms. The number of nitrogens with one attached hydrogen (secondary N) is 1. The number of amides is 1. The number of benzene rings is 1. The van der Waals surface area contributed by atoms with Crippen LogP contribution in [-0.2, 0) is 4.79 Å². The number of para-hydroxylation sites is 2. The number of carbonyl (C=O) groups excluding carboxylic acids is 1. The van der Waals surface area contributed by atoms with Gasteiger partial charge in [0.25, 0.3) is 11.5 Å². The van der Waals surface area contributed by atoms with Crippen molar-refractivity contribution >= 4 is 17.2 Å². The Morgan fingerprint density at radius 2 is 2.10 bits per heavy atom. The highest BCUT2D eigenvalue weighted by molar-refractivity contribution is 7.08. The van der Waals surface area contributed by atoms with E-state index in [0.29, 0.717) is 29.6 Å². The van der Waals surface area contributed by atoms with E-state index in [9.17, 15) is 9.59 Å². The Kier molecular flexibility index (Phi) is 6.13. The van der Waals surface area contributed by atoms with Crippen molar-refractivity contribution in [2.75, 3.05) is 20.3 Å². The molecule has 0 unspecified atom stereocenters. The van der Waals surface area contributed by atoms with Gasteiger partial charge in [0, 0.05) is 23.6 Å². The second-order valence-electron chi connectivity index (χ2n) is 7.07. The van der Waals surface area contributed by atoms with Crippen molar-refractivity contribution in [2.24, 2.45) is 0 Å². The summed E-state index contributed by atoms with van der Waals surface area (Å²) < 4.78 is 11.0. The summed E-state index contributed by atoms with van der Waals surface area (Å²) in [6.45, 7) is 0.497. The zero-order valence-electron chi connectivity index (χ0n) is 16.7. The molecule has 7 nitrogen and oxygen atoms in total. The van der Waals surface area contributed by atoms with E-state index >= 15 is 0 Å². The Balaban J connectivity index is 1.54. The zero-order chi connectivity index (χ0) is 20.9. The van der Waals surface area contributed by atoms with Crippen LogP contribution in [0.3, 0.4) is 0 Å². The number of likely N-dealkylation sites (tertiary alicyclic amines) is 1. The van der Waals surface area contributed by atoms with E-state index in [4.69, 9.17) is 9.47 Å². The molecule has 1 N–H and O–H groups in total. The lowest BCUT2D eigenvalue weighted by atomic mass is 10.0. The zero-order valence-corrected chi connectivity index (χ0v) is 17.5. The van der Waals surface area contributed by atoms with E-state index in [2.05, 4.69) is 9.97 Å². The van der Waals surface area contributed by atoms with Crippen LogP contribution in [0.2, 0.25) is 0 Å². The first kappa shape index (κ1) is 20.2. The molecule has 0 aliphatic carbocycles. The number of hydrogen-bond donors (Lipinski definition) is 1. The smallest absolute Gasteiger partial charge is 0.261 e. The second kappa shape index (κ2) is 9.13. The number of aromatic amines is 1. The Morgan fingerprint density at radius 3 is 2.87 bits per heavy atom. The van der Waals surface area contributed by atoms with Crippen LogP contribution in [0.5, 0.6) is 11.5 Å². The summed E-state index contributed by atoms with van der Waals surface area (Å²) in [5.74, 6) is 1.48. The number of hydrogen-bond acceptors (Lipinski definition) is 6. The van der Waals surface area contributed by atoms with Crippen LogP contribution in [0.25, 0.3) is 11.3 Å². The molecule has 1 fully saturated rings. The van der Waals surface area contributed by atoms with Crippen LogP contribution in [0.4, 0.5) is 0 Å². The predicted octanol–water partition coefficient (Wildman–Crippen LogP) is 3.64. The number of aromatic nitrogens is 2. The van der Waals surface area contributed by atoms with Gasteiger partial charge in [0.2, 0.25) is 0 Å². The van der Waals surface area contributed by atoms with Crippen molar-refractivity contribution in [3.8, 4) is 22.8 Å².